The monoisotopic (exact) mass is 430 g/mol. The fraction of sp³-hybridized carbons (Fsp3) is 0.250. The summed E-state index contributed by atoms with van der Waals surface area (Å²) in [5, 5.41) is 2.68. The molecule has 1 amide bonds. The molecule has 3 aromatic rings. The Morgan fingerprint density at radius 1 is 1.10 bits per heavy atom. The summed E-state index contributed by atoms with van der Waals surface area (Å²) >= 11 is 0. The molecular weight excluding hydrogens is 413 g/mol. The number of halogens is 3. The highest BCUT2D eigenvalue weighted by atomic mass is 19.2. The molecule has 0 bridgehead atoms. The number of rotatable bonds is 6. The van der Waals surface area contributed by atoms with Crippen molar-refractivity contribution in [3.8, 4) is 5.75 Å². The van der Waals surface area contributed by atoms with Gasteiger partial charge in [0.25, 0.3) is 5.91 Å². The van der Waals surface area contributed by atoms with E-state index in [1.165, 1.54) is 18.7 Å². The number of carbonyl (C=O) groups excluding carboxylic acids is 1. The molecule has 31 heavy (non-hydrogen) atoms. The fourth-order valence-corrected chi connectivity index (χ4v) is 3.04. The van der Waals surface area contributed by atoms with Crippen LogP contribution in [0.1, 0.15) is 23.1 Å². The summed E-state index contributed by atoms with van der Waals surface area (Å²) in [6.45, 7) is 2.53. The van der Waals surface area contributed by atoms with E-state index in [9.17, 15) is 18.0 Å². The summed E-state index contributed by atoms with van der Waals surface area (Å²) in [5.41, 5.74) is 0.873. The zero-order valence-corrected chi connectivity index (χ0v) is 16.3. The number of aryl methyl sites for hydroxylation is 1. The molecule has 1 saturated heterocycles. The van der Waals surface area contributed by atoms with Gasteiger partial charge < -0.3 is 15.0 Å². The molecule has 0 spiro atoms. The Kier molecular flexibility index (Phi) is 5.65. The molecule has 160 valence electrons. The maximum Gasteiger partial charge on any atom is 0.279 e. The topological polar surface area (TPSA) is 93.1 Å². The van der Waals surface area contributed by atoms with Crippen LogP contribution >= 0.6 is 0 Å². The second-order valence-corrected chi connectivity index (χ2v) is 6.78. The lowest BCUT2D eigenvalue weighted by molar-refractivity contribution is 0.102. The van der Waals surface area contributed by atoms with Crippen LogP contribution in [0.2, 0.25) is 0 Å². The Balaban J connectivity index is 1.43. The van der Waals surface area contributed by atoms with E-state index in [0.29, 0.717) is 31.1 Å². The lowest BCUT2D eigenvalue weighted by atomic mass is 10.1. The van der Waals surface area contributed by atoms with Crippen molar-refractivity contribution in [2.45, 2.75) is 19.4 Å². The molecule has 1 aliphatic rings. The first-order chi connectivity index (χ1) is 14.9. The van der Waals surface area contributed by atoms with Gasteiger partial charge >= 0.3 is 0 Å². The van der Waals surface area contributed by atoms with Gasteiger partial charge in [0.2, 0.25) is 0 Å². The van der Waals surface area contributed by atoms with Crippen molar-refractivity contribution < 1.29 is 22.7 Å². The Morgan fingerprint density at radius 3 is 2.52 bits per heavy atom. The highest BCUT2D eigenvalue weighted by molar-refractivity contribution is 6.05. The predicted molar refractivity (Wildman–Crippen MR) is 104 cm³/mol. The van der Waals surface area contributed by atoms with E-state index in [2.05, 4.69) is 25.3 Å². The number of amides is 1. The van der Waals surface area contributed by atoms with Gasteiger partial charge in [0.15, 0.2) is 29.0 Å². The SMILES string of the molecule is CCc1cc(NC(=O)c2nccnc2N2CC(Oc3cc(F)c(F)c(F)c3)C2)ncn1. The largest absolute Gasteiger partial charge is 0.487 e. The van der Waals surface area contributed by atoms with Crippen LogP contribution < -0.4 is 15.0 Å². The molecular formula is C20H17F3N6O2. The zero-order chi connectivity index (χ0) is 22.0. The number of ether oxygens (including phenoxy) is 1. The average Bonchev–Trinajstić information content (AvgIpc) is 2.74. The van der Waals surface area contributed by atoms with Crippen molar-refractivity contribution in [3.05, 3.63) is 65.8 Å². The maximum absolute atomic E-state index is 13.3. The number of carbonyl (C=O) groups is 1. The number of hydrogen-bond acceptors (Lipinski definition) is 7. The Labute approximate surface area is 175 Å². The first-order valence-corrected chi connectivity index (χ1v) is 9.44. The van der Waals surface area contributed by atoms with E-state index in [4.69, 9.17) is 4.74 Å². The Bertz CT molecular complexity index is 1100. The highest BCUT2D eigenvalue weighted by Gasteiger charge is 2.33. The molecule has 0 atom stereocenters. The third-order valence-electron chi connectivity index (χ3n) is 4.63. The normalized spacial score (nSPS) is 13.6. The van der Waals surface area contributed by atoms with Gasteiger partial charge in [0, 0.05) is 36.3 Å². The van der Waals surface area contributed by atoms with Gasteiger partial charge in [-0.2, -0.15) is 0 Å². The van der Waals surface area contributed by atoms with E-state index in [1.807, 2.05) is 6.92 Å². The molecule has 11 heteroatoms. The van der Waals surface area contributed by atoms with Crippen LogP contribution in [-0.2, 0) is 6.42 Å². The molecule has 3 heterocycles. The molecule has 0 radical (unpaired) electrons. The van der Waals surface area contributed by atoms with Crippen LogP contribution in [0, 0.1) is 17.5 Å². The summed E-state index contributed by atoms with van der Waals surface area (Å²) in [6.07, 6.45) is 4.48. The van der Waals surface area contributed by atoms with Crippen molar-refractivity contribution in [2.24, 2.45) is 0 Å². The minimum Gasteiger partial charge on any atom is -0.487 e. The Morgan fingerprint density at radius 2 is 1.81 bits per heavy atom. The Hall–Kier alpha value is -3.76. The number of benzene rings is 1. The molecule has 1 fully saturated rings. The first-order valence-electron chi connectivity index (χ1n) is 9.44. The smallest absolute Gasteiger partial charge is 0.279 e. The summed E-state index contributed by atoms with van der Waals surface area (Å²) < 4.78 is 45.2. The van der Waals surface area contributed by atoms with Gasteiger partial charge in [-0.15, -0.1) is 0 Å². The summed E-state index contributed by atoms with van der Waals surface area (Å²) in [6, 6.07) is 3.24. The van der Waals surface area contributed by atoms with E-state index in [-0.39, 0.29) is 11.4 Å². The van der Waals surface area contributed by atoms with Gasteiger partial charge in [-0.05, 0) is 6.42 Å². The quantitative estimate of drug-likeness (QED) is 0.601. The van der Waals surface area contributed by atoms with Crippen LogP contribution in [0.25, 0.3) is 0 Å². The van der Waals surface area contributed by atoms with Crippen molar-refractivity contribution in [1.82, 2.24) is 19.9 Å². The minimum atomic E-state index is -1.55. The minimum absolute atomic E-state index is 0.0940. The lowest BCUT2D eigenvalue weighted by Crippen LogP contribution is -2.54. The molecule has 0 aliphatic carbocycles. The van der Waals surface area contributed by atoms with Crippen LogP contribution in [0.5, 0.6) is 5.75 Å². The van der Waals surface area contributed by atoms with E-state index < -0.39 is 29.5 Å². The molecule has 2 aromatic heterocycles. The third-order valence-corrected chi connectivity index (χ3v) is 4.63. The van der Waals surface area contributed by atoms with Gasteiger partial charge in [0.05, 0.1) is 13.1 Å². The van der Waals surface area contributed by atoms with Crippen molar-refractivity contribution in [2.75, 3.05) is 23.3 Å². The first kappa shape index (κ1) is 20.5. The average molecular weight is 430 g/mol. The number of nitrogens with one attached hydrogen (secondary N) is 1. The van der Waals surface area contributed by atoms with Gasteiger partial charge in [-0.25, -0.2) is 33.1 Å². The highest BCUT2D eigenvalue weighted by Crippen LogP contribution is 2.26. The van der Waals surface area contributed by atoms with Gasteiger partial charge in [-0.3, -0.25) is 4.79 Å². The second kappa shape index (κ2) is 8.54. The van der Waals surface area contributed by atoms with Crippen LogP contribution in [0.4, 0.5) is 24.8 Å². The standard InChI is InChI=1S/C20H17F3N6O2/c1-2-11-5-16(27-10-26-11)28-20(30)18-19(25-4-3-24-18)29-8-13(9-29)31-12-6-14(21)17(23)15(22)7-12/h3-7,10,13H,2,8-9H2,1H3,(H,26,27,28,30). The van der Waals surface area contributed by atoms with Crippen molar-refractivity contribution in [1.29, 1.82) is 0 Å². The lowest BCUT2D eigenvalue weighted by Gasteiger charge is -2.40. The molecule has 1 aliphatic heterocycles. The molecule has 1 N–H and O–H groups in total. The molecule has 0 saturated carbocycles. The summed E-state index contributed by atoms with van der Waals surface area (Å²) in [5.74, 6) is -4.12. The zero-order valence-electron chi connectivity index (χ0n) is 16.3. The van der Waals surface area contributed by atoms with Gasteiger partial charge in [0.1, 0.15) is 24.0 Å². The predicted octanol–water partition coefficient (Wildman–Crippen LogP) is 2.77. The molecule has 4 rings (SSSR count). The van der Waals surface area contributed by atoms with Crippen LogP contribution in [0.3, 0.4) is 0 Å². The number of nitrogens with zero attached hydrogens (tertiary/aromatic N) is 5. The number of anilines is 2. The van der Waals surface area contributed by atoms with Gasteiger partial charge in [-0.1, -0.05) is 6.92 Å². The fourth-order valence-electron chi connectivity index (χ4n) is 3.04. The number of aromatic nitrogens is 4. The molecule has 0 unspecified atom stereocenters. The third kappa shape index (κ3) is 4.39. The number of hydrogen-bond donors (Lipinski definition) is 1. The van der Waals surface area contributed by atoms with E-state index in [0.717, 1.165) is 17.8 Å². The summed E-state index contributed by atoms with van der Waals surface area (Å²) in [4.78, 5) is 30.9. The van der Waals surface area contributed by atoms with Crippen LogP contribution in [-0.4, -0.2) is 45.0 Å². The summed E-state index contributed by atoms with van der Waals surface area (Å²) in [7, 11) is 0. The van der Waals surface area contributed by atoms with Crippen molar-refractivity contribution >= 4 is 17.5 Å². The molecule has 8 nitrogen and oxygen atoms in total. The van der Waals surface area contributed by atoms with Crippen molar-refractivity contribution in [3.63, 3.8) is 0 Å². The molecule has 1 aromatic carbocycles. The second-order valence-electron chi connectivity index (χ2n) is 6.78. The maximum atomic E-state index is 13.3. The van der Waals surface area contributed by atoms with E-state index >= 15 is 0 Å². The van der Waals surface area contributed by atoms with E-state index in [1.54, 1.807) is 11.0 Å². The van der Waals surface area contributed by atoms with Crippen LogP contribution in [0.15, 0.2) is 36.9 Å².